The molecule has 1 aromatic carbocycles. The lowest BCUT2D eigenvalue weighted by Gasteiger charge is -2.27. The van der Waals surface area contributed by atoms with E-state index in [4.69, 9.17) is 16.6 Å². The predicted molar refractivity (Wildman–Crippen MR) is 110 cm³/mol. The van der Waals surface area contributed by atoms with Crippen LogP contribution in [-0.2, 0) is 4.79 Å². The fourth-order valence-electron chi connectivity index (χ4n) is 3.92. The number of halogens is 2. The van der Waals surface area contributed by atoms with Gasteiger partial charge in [0.05, 0.1) is 11.7 Å². The molecule has 4 rings (SSSR count). The monoisotopic (exact) mass is 409 g/mol. The Hall–Kier alpha value is -1.27. The van der Waals surface area contributed by atoms with Crippen molar-refractivity contribution in [3.05, 3.63) is 29.0 Å². The van der Waals surface area contributed by atoms with Gasteiger partial charge in [0, 0.05) is 29.3 Å². The third kappa shape index (κ3) is 4.77. The van der Waals surface area contributed by atoms with Gasteiger partial charge in [-0.15, -0.1) is 0 Å². The maximum atomic E-state index is 13.9. The van der Waals surface area contributed by atoms with Crippen LogP contribution in [0.1, 0.15) is 51.4 Å². The second-order valence-electron chi connectivity index (χ2n) is 7.68. The van der Waals surface area contributed by atoms with Crippen molar-refractivity contribution < 1.29 is 9.18 Å². The zero-order valence-electron chi connectivity index (χ0n) is 15.3. The summed E-state index contributed by atoms with van der Waals surface area (Å²) in [5.74, 6) is 0.228. The lowest BCUT2D eigenvalue weighted by Crippen LogP contribution is -2.39. The molecule has 146 valence electrons. The number of amides is 1. The molecule has 1 aliphatic heterocycles. The van der Waals surface area contributed by atoms with Crippen LogP contribution in [0, 0.1) is 5.82 Å². The normalized spacial score (nSPS) is 25.2. The van der Waals surface area contributed by atoms with E-state index in [0.717, 1.165) is 10.9 Å². The first-order valence-electron chi connectivity index (χ1n) is 9.84. The highest BCUT2D eigenvalue weighted by Crippen LogP contribution is 2.38. The summed E-state index contributed by atoms with van der Waals surface area (Å²) in [4.78, 5) is 19.9. The molecule has 7 heteroatoms. The molecule has 2 aliphatic carbocycles. The third-order valence-corrected chi connectivity index (χ3v) is 6.81. The van der Waals surface area contributed by atoms with Crippen LogP contribution in [0.15, 0.2) is 23.2 Å². The van der Waals surface area contributed by atoms with E-state index < -0.39 is 5.82 Å². The van der Waals surface area contributed by atoms with Crippen LogP contribution >= 0.6 is 23.4 Å². The van der Waals surface area contributed by atoms with Crippen molar-refractivity contribution in [2.45, 2.75) is 69.5 Å². The first kappa shape index (κ1) is 19.1. The molecule has 0 spiro atoms. The maximum absolute atomic E-state index is 13.9. The predicted octanol–water partition coefficient (Wildman–Crippen LogP) is 5.08. The van der Waals surface area contributed by atoms with Gasteiger partial charge in [-0.2, -0.15) is 0 Å². The standard InChI is InChI=1S/C20H25ClFN3OS/c21-13-6-9-17(22)18(10-13)24-19(26)11-16-12-27-20(25(16)15-7-8-15)23-14-4-2-1-3-5-14/h6,9-10,14-16H,1-5,7-8,11-12H2,(H,24,26). The molecule has 3 fully saturated rings. The molecule has 3 aliphatic rings. The van der Waals surface area contributed by atoms with E-state index in [1.54, 1.807) is 11.8 Å². The first-order valence-corrected chi connectivity index (χ1v) is 11.2. The molecule has 1 aromatic rings. The summed E-state index contributed by atoms with van der Waals surface area (Å²) in [7, 11) is 0. The number of thioether (sulfide) groups is 1. The highest BCUT2D eigenvalue weighted by atomic mass is 35.5. The van der Waals surface area contributed by atoms with E-state index in [-0.39, 0.29) is 17.6 Å². The number of benzene rings is 1. The minimum atomic E-state index is -0.466. The van der Waals surface area contributed by atoms with Gasteiger partial charge < -0.3 is 10.2 Å². The van der Waals surface area contributed by atoms with Crippen molar-refractivity contribution >= 4 is 40.1 Å². The fourth-order valence-corrected chi connectivity index (χ4v) is 5.39. The molecule has 4 nitrogen and oxygen atoms in total. The maximum Gasteiger partial charge on any atom is 0.226 e. The molecule has 1 unspecified atom stereocenters. The SMILES string of the molecule is O=C(CC1CSC(=NC2CCCCC2)N1C1CC1)Nc1cc(Cl)ccc1F. The molecule has 0 aromatic heterocycles. The largest absolute Gasteiger partial charge is 0.344 e. The Morgan fingerprint density at radius 1 is 1.26 bits per heavy atom. The van der Waals surface area contributed by atoms with E-state index in [1.165, 1.54) is 63.1 Å². The Morgan fingerprint density at radius 3 is 2.78 bits per heavy atom. The fraction of sp³-hybridized carbons (Fsp3) is 0.600. The van der Waals surface area contributed by atoms with Gasteiger partial charge in [-0.1, -0.05) is 42.6 Å². The van der Waals surface area contributed by atoms with Gasteiger partial charge in [-0.25, -0.2) is 4.39 Å². The summed E-state index contributed by atoms with van der Waals surface area (Å²) < 4.78 is 13.9. The summed E-state index contributed by atoms with van der Waals surface area (Å²) in [5, 5.41) is 4.21. The Morgan fingerprint density at radius 2 is 2.04 bits per heavy atom. The van der Waals surface area contributed by atoms with Gasteiger partial charge in [-0.05, 0) is 43.9 Å². The van der Waals surface area contributed by atoms with Crippen molar-refractivity contribution in [1.82, 2.24) is 4.90 Å². The molecular formula is C20H25ClFN3OS. The molecule has 0 radical (unpaired) electrons. The van der Waals surface area contributed by atoms with Crippen LogP contribution in [0.5, 0.6) is 0 Å². The molecule has 1 N–H and O–H groups in total. The quantitative estimate of drug-likeness (QED) is 0.737. The van der Waals surface area contributed by atoms with E-state index in [1.807, 2.05) is 0 Å². The van der Waals surface area contributed by atoms with E-state index in [0.29, 0.717) is 23.5 Å². The van der Waals surface area contributed by atoms with Crippen LogP contribution in [-0.4, -0.2) is 39.9 Å². The average Bonchev–Trinajstić information content (AvgIpc) is 3.42. The van der Waals surface area contributed by atoms with Crippen molar-refractivity contribution in [2.75, 3.05) is 11.1 Å². The second-order valence-corrected chi connectivity index (χ2v) is 9.11. The third-order valence-electron chi connectivity index (χ3n) is 5.45. The Balaban J connectivity index is 1.41. The Kier molecular flexibility index (Phi) is 5.93. The summed E-state index contributed by atoms with van der Waals surface area (Å²) >= 11 is 7.69. The topological polar surface area (TPSA) is 44.7 Å². The molecular weight excluding hydrogens is 385 g/mol. The van der Waals surface area contributed by atoms with Crippen LogP contribution in [0.3, 0.4) is 0 Å². The number of nitrogens with one attached hydrogen (secondary N) is 1. The van der Waals surface area contributed by atoms with Crippen molar-refractivity contribution in [3.8, 4) is 0 Å². The van der Waals surface area contributed by atoms with E-state index in [9.17, 15) is 9.18 Å². The number of aliphatic imine (C=N–C) groups is 1. The Bertz CT molecular complexity index is 734. The molecule has 2 saturated carbocycles. The highest BCUT2D eigenvalue weighted by Gasteiger charge is 2.41. The van der Waals surface area contributed by atoms with Crippen LogP contribution < -0.4 is 5.32 Å². The molecule has 0 bridgehead atoms. The summed E-state index contributed by atoms with van der Waals surface area (Å²) in [5.41, 5.74) is 0.146. The molecule has 1 atom stereocenters. The zero-order chi connectivity index (χ0) is 18.8. The van der Waals surface area contributed by atoms with Gasteiger partial charge in [0.25, 0.3) is 0 Å². The van der Waals surface area contributed by atoms with Crippen molar-refractivity contribution in [1.29, 1.82) is 0 Å². The molecule has 27 heavy (non-hydrogen) atoms. The van der Waals surface area contributed by atoms with Crippen LogP contribution in [0.2, 0.25) is 5.02 Å². The van der Waals surface area contributed by atoms with Gasteiger partial charge in [0.1, 0.15) is 5.82 Å². The average molecular weight is 410 g/mol. The minimum Gasteiger partial charge on any atom is -0.344 e. The highest BCUT2D eigenvalue weighted by molar-refractivity contribution is 8.14. The number of rotatable bonds is 5. The lowest BCUT2D eigenvalue weighted by atomic mass is 9.96. The summed E-state index contributed by atoms with van der Waals surface area (Å²) in [6, 6.07) is 5.29. The zero-order valence-corrected chi connectivity index (χ0v) is 16.9. The molecule has 1 amide bonds. The van der Waals surface area contributed by atoms with Gasteiger partial charge in [0.2, 0.25) is 5.91 Å². The smallest absolute Gasteiger partial charge is 0.226 e. The summed E-state index contributed by atoms with van der Waals surface area (Å²) in [6.07, 6.45) is 8.92. The van der Waals surface area contributed by atoms with Crippen molar-refractivity contribution in [3.63, 3.8) is 0 Å². The number of anilines is 1. The number of carbonyl (C=O) groups excluding carboxylic acids is 1. The second kappa shape index (κ2) is 8.39. The summed E-state index contributed by atoms with van der Waals surface area (Å²) in [6.45, 7) is 0. The minimum absolute atomic E-state index is 0.132. The number of nitrogens with zero attached hydrogens (tertiary/aromatic N) is 2. The number of hydrogen-bond acceptors (Lipinski definition) is 3. The van der Waals surface area contributed by atoms with Gasteiger partial charge in [0.15, 0.2) is 5.17 Å². The van der Waals surface area contributed by atoms with Gasteiger partial charge >= 0.3 is 0 Å². The number of hydrogen-bond donors (Lipinski definition) is 1. The first-order chi connectivity index (χ1) is 13.1. The van der Waals surface area contributed by atoms with E-state index in [2.05, 4.69) is 10.2 Å². The molecule has 1 saturated heterocycles. The number of amidine groups is 1. The van der Waals surface area contributed by atoms with Gasteiger partial charge in [-0.3, -0.25) is 9.79 Å². The van der Waals surface area contributed by atoms with E-state index >= 15 is 0 Å². The Labute approximate surface area is 168 Å². The lowest BCUT2D eigenvalue weighted by molar-refractivity contribution is -0.116. The van der Waals surface area contributed by atoms with Crippen LogP contribution in [0.4, 0.5) is 10.1 Å². The van der Waals surface area contributed by atoms with Crippen molar-refractivity contribution in [2.24, 2.45) is 4.99 Å². The van der Waals surface area contributed by atoms with Crippen LogP contribution in [0.25, 0.3) is 0 Å². The number of carbonyl (C=O) groups is 1. The molecule has 1 heterocycles.